The summed E-state index contributed by atoms with van der Waals surface area (Å²) in [7, 11) is 1.79. The Hall–Kier alpha value is -3.32. The van der Waals surface area contributed by atoms with Crippen molar-refractivity contribution >= 4 is 17.4 Å². The first-order valence-electron chi connectivity index (χ1n) is 8.57. The van der Waals surface area contributed by atoms with Gasteiger partial charge in [0.1, 0.15) is 17.5 Å². The topological polar surface area (TPSA) is 74.2 Å². The molecular formula is C21H19F2N3O2. The van der Waals surface area contributed by atoms with Crippen molar-refractivity contribution in [3.05, 3.63) is 77.5 Å². The third-order valence-electron chi connectivity index (χ3n) is 4.27. The van der Waals surface area contributed by atoms with Crippen molar-refractivity contribution in [1.82, 2.24) is 4.98 Å². The number of nitrogens with zero attached hydrogens (tertiary/aromatic N) is 1. The van der Waals surface area contributed by atoms with Crippen molar-refractivity contribution in [2.45, 2.75) is 13.0 Å². The van der Waals surface area contributed by atoms with Crippen LogP contribution >= 0.6 is 0 Å². The summed E-state index contributed by atoms with van der Waals surface area (Å²) in [6, 6.07) is 11.6. The number of benzene rings is 2. The number of rotatable bonds is 5. The molecule has 7 heteroatoms. The van der Waals surface area contributed by atoms with Gasteiger partial charge in [-0.2, -0.15) is 0 Å². The maximum atomic E-state index is 13.3. The van der Waals surface area contributed by atoms with E-state index in [1.807, 2.05) is 25.1 Å². The number of amides is 1. The molecule has 0 bridgehead atoms. The number of hydrogen-bond donors (Lipinski definition) is 3. The van der Waals surface area contributed by atoms with Crippen LogP contribution in [0.1, 0.15) is 17.2 Å². The molecule has 0 fully saturated rings. The van der Waals surface area contributed by atoms with Crippen LogP contribution in [0.2, 0.25) is 0 Å². The summed E-state index contributed by atoms with van der Waals surface area (Å²) >= 11 is 0. The lowest BCUT2D eigenvalue weighted by atomic mass is 10.0. The van der Waals surface area contributed by atoms with Crippen LogP contribution in [-0.4, -0.2) is 23.0 Å². The molecule has 3 aromatic rings. The fourth-order valence-corrected chi connectivity index (χ4v) is 2.86. The SMILES string of the molecule is CNc1ccc(-c2ccc(NC(=O)C(O)c3cc(F)cc(F)c3)cc2C)cn1. The molecule has 3 rings (SSSR count). The minimum atomic E-state index is -1.69. The van der Waals surface area contributed by atoms with Gasteiger partial charge in [0.25, 0.3) is 5.91 Å². The number of aliphatic hydroxyl groups excluding tert-OH is 1. The summed E-state index contributed by atoms with van der Waals surface area (Å²) in [5.74, 6) is -1.75. The molecule has 1 aromatic heterocycles. The maximum absolute atomic E-state index is 13.3. The Bertz CT molecular complexity index is 987. The van der Waals surface area contributed by atoms with E-state index in [1.54, 1.807) is 25.4 Å². The van der Waals surface area contributed by atoms with Gasteiger partial charge in [0.15, 0.2) is 6.10 Å². The number of hydrogen-bond acceptors (Lipinski definition) is 4. The Morgan fingerprint density at radius 1 is 1.07 bits per heavy atom. The van der Waals surface area contributed by atoms with Crippen molar-refractivity contribution in [2.75, 3.05) is 17.7 Å². The molecule has 28 heavy (non-hydrogen) atoms. The van der Waals surface area contributed by atoms with Crippen LogP contribution in [0.5, 0.6) is 0 Å². The number of pyridine rings is 1. The number of anilines is 2. The third kappa shape index (κ3) is 4.32. The second-order valence-electron chi connectivity index (χ2n) is 6.31. The van der Waals surface area contributed by atoms with E-state index in [2.05, 4.69) is 15.6 Å². The standard InChI is InChI=1S/C21H19F2N3O2/c1-12-7-17(4-5-18(12)13-3-6-19(24-2)25-11-13)26-21(28)20(27)14-8-15(22)10-16(23)9-14/h3-11,20,27H,1-2H3,(H,24,25)(H,26,28). The molecule has 0 spiro atoms. The molecule has 0 radical (unpaired) electrons. The Kier molecular flexibility index (Phi) is 5.65. The number of nitrogens with one attached hydrogen (secondary N) is 2. The van der Waals surface area contributed by atoms with Gasteiger partial charge in [0, 0.05) is 30.6 Å². The first-order valence-corrected chi connectivity index (χ1v) is 8.57. The summed E-state index contributed by atoms with van der Waals surface area (Å²) in [6.45, 7) is 1.88. The summed E-state index contributed by atoms with van der Waals surface area (Å²) in [5.41, 5.74) is 3.06. The second-order valence-corrected chi connectivity index (χ2v) is 6.31. The van der Waals surface area contributed by atoms with Gasteiger partial charge < -0.3 is 15.7 Å². The predicted octanol–water partition coefficient (Wildman–Crippen LogP) is 4.05. The number of carbonyl (C=O) groups excluding carboxylic acids is 1. The van der Waals surface area contributed by atoms with Crippen molar-refractivity contribution < 1.29 is 18.7 Å². The van der Waals surface area contributed by atoms with Gasteiger partial charge in [-0.25, -0.2) is 13.8 Å². The molecule has 3 N–H and O–H groups in total. The van der Waals surface area contributed by atoms with Crippen LogP contribution in [0.15, 0.2) is 54.7 Å². The first-order chi connectivity index (χ1) is 13.4. The van der Waals surface area contributed by atoms with Gasteiger partial charge in [-0.15, -0.1) is 0 Å². The highest BCUT2D eigenvalue weighted by Crippen LogP contribution is 2.27. The van der Waals surface area contributed by atoms with Crippen molar-refractivity contribution in [2.24, 2.45) is 0 Å². The molecule has 0 saturated heterocycles. The largest absolute Gasteiger partial charge is 0.378 e. The zero-order chi connectivity index (χ0) is 20.3. The fraction of sp³-hybridized carbons (Fsp3) is 0.143. The minimum Gasteiger partial charge on any atom is -0.378 e. The molecular weight excluding hydrogens is 364 g/mol. The fourth-order valence-electron chi connectivity index (χ4n) is 2.86. The quantitative estimate of drug-likeness (QED) is 0.621. The van der Waals surface area contributed by atoms with Crippen molar-refractivity contribution in [3.8, 4) is 11.1 Å². The van der Waals surface area contributed by atoms with E-state index >= 15 is 0 Å². The smallest absolute Gasteiger partial charge is 0.257 e. The normalized spacial score (nSPS) is 11.8. The summed E-state index contributed by atoms with van der Waals surface area (Å²) in [4.78, 5) is 16.5. The third-order valence-corrected chi connectivity index (χ3v) is 4.27. The number of aliphatic hydroxyl groups is 1. The number of carbonyl (C=O) groups is 1. The van der Waals surface area contributed by atoms with Crippen LogP contribution in [0, 0.1) is 18.6 Å². The summed E-state index contributed by atoms with van der Waals surface area (Å²) < 4.78 is 26.6. The van der Waals surface area contributed by atoms with Crippen LogP contribution in [0.4, 0.5) is 20.3 Å². The molecule has 0 aliphatic carbocycles. The average Bonchev–Trinajstić information content (AvgIpc) is 2.67. The monoisotopic (exact) mass is 383 g/mol. The lowest BCUT2D eigenvalue weighted by Gasteiger charge is -2.14. The van der Waals surface area contributed by atoms with E-state index in [9.17, 15) is 18.7 Å². The van der Waals surface area contributed by atoms with Gasteiger partial charge in [0.05, 0.1) is 0 Å². The lowest BCUT2D eigenvalue weighted by molar-refractivity contribution is -0.124. The molecule has 0 saturated carbocycles. The van der Waals surface area contributed by atoms with Crippen molar-refractivity contribution in [1.29, 1.82) is 0 Å². The van der Waals surface area contributed by atoms with E-state index in [4.69, 9.17) is 0 Å². The predicted molar refractivity (Wildman–Crippen MR) is 104 cm³/mol. The highest BCUT2D eigenvalue weighted by molar-refractivity contribution is 5.95. The van der Waals surface area contributed by atoms with Gasteiger partial charge in [-0.05, 0) is 60.0 Å². The van der Waals surface area contributed by atoms with E-state index in [-0.39, 0.29) is 5.56 Å². The zero-order valence-electron chi connectivity index (χ0n) is 15.3. The van der Waals surface area contributed by atoms with Crippen LogP contribution in [0.3, 0.4) is 0 Å². The molecule has 0 aliphatic rings. The Morgan fingerprint density at radius 3 is 2.36 bits per heavy atom. The summed E-state index contributed by atoms with van der Waals surface area (Å²) in [6.07, 6.45) is 0.0535. The van der Waals surface area contributed by atoms with Gasteiger partial charge in [0.2, 0.25) is 0 Å². The van der Waals surface area contributed by atoms with E-state index in [1.165, 1.54) is 0 Å². The first kappa shape index (κ1) is 19.4. The molecule has 0 aliphatic heterocycles. The summed E-state index contributed by atoms with van der Waals surface area (Å²) in [5, 5.41) is 15.6. The van der Waals surface area contributed by atoms with Crippen LogP contribution < -0.4 is 10.6 Å². The van der Waals surface area contributed by atoms with Gasteiger partial charge in [-0.3, -0.25) is 4.79 Å². The Balaban J connectivity index is 1.77. The van der Waals surface area contributed by atoms with E-state index in [0.717, 1.165) is 34.6 Å². The minimum absolute atomic E-state index is 0.154. The zero-order valence-corrected chi connectivity index (χ0v) is 15.3. The molecule has 2 aromatic carbocycles. The maximum Gasteiger partial charge on any atom is 0.257 e. The van der Waals surface area contributed by atoms with Gasteiger partial charge >= 0.3 is 0 Å². The highest BCUT2D eigenvalue weighted by atomic mass is 19.1. The molecule has 5 nitrogen and oxygen atoms in total. The Labute approximate surface area is 161 Å². The van der Waals surface area contributed by atoms with Crippen LogP contribution in [-0.2, 0) is 4.79 Å². The Morgan fingerprint density at radius 2 is 1.79 bits per heavy atom. The average molecular weight is 383 g/mol. The molecule has 144 valence electrons. The number of aryl methyl sites for hydroxylation is 1. The molecule has 1 unspecified atom stereocenters. The van der Waals surface area contributed by atoms with Crippen LogP contribution in [0.25, 0.3) is 11.1 Å². The van der Waals surface area contributed by atoms with Crippen molar-refractivity contribution in [3.63, 3.8) is 0 Å². The number of aromatic nitrogens is 1. The molecule has 1 atom stereocenters. The second kappa shape index (κ2) is 8.14. The van der Waals surface area contributed by atoms with E-state index < -0.39 is 23.6 Å². The number of halogens is 2. The lowest BCUT2D eigenvalue weighted by Crippen LogP contribution is -2.21. The highest BCUT2D eigenvalue weighted by Gasteiger charge is 2.19. The van der Waals surface area contributed by atoms with E-state index in [0.29, 0.717) is 11.8 Å². The van der Waals surface area contributed by atoms with Gasteiger partial charge in [-0.1, -0.05) is 6.07 Å². The molecule has 1 amide bonds. The molecule has 1 heterocycles.